The number of benzene rings is 2. The lowest BCUT2D eigenvalue weighted by Crippen LogP contribution is -2.43. The summed E-state index contributed by atoms with van der Waals surface area (Å²) in [4.78, 5) is 26.6. The first kappa shape index (κ1) is 23.7. The van der Waals surface area contributed by atoms with Crippen LogP contribution in [0.1, 0.15) is 23.2 Å². The first-order chi connectivity index (χ1) is 15.2. The van der Waals surface area contributed by atoms with E-state index in [9.17, 15) is 22.4 Å². The molecule has 10 heteroatoms. The van der Waals surface area contributed by atoms with Gasteiger partial charge in [-0.3, -0.25) is 4.79 Å². The van der Waals surface area contributed by atoms with Crippen LogP contribution in [0.3, 0.4) is 0 Å². The first-order valence-electron chi connectivity index (χ1n) is 10.3. The van der Waals surface area contributed by atoms with Crippen LogP contribution in [0.4, 0.5) is 14.9 Å². The molecule has 0 unspecified atom stereocenters. The van der Waals surface area contributed by atoms with Gasteiger partial charge in [0.05, 0.1) is 4.90 Å². The predicted octanol–water partition coefficient (Wildman–Crippen LogP) is 2.75. The molecule has 172 valence electrons. The van der Waals surface area contributed by atoms with Gasteiger partial charge >= 0.3 is 6.03 Å². The molecule has 3 rings (SSSR count). The molecule has 0 radical (unpaired) electrons. The number of nitrogens with one attached hydrogen (secondary N) is 2. The minimum atomic E-state index is -3.54. The van der Waals surface area contributed by atoms with Gasteiger partial charge in [0.2, 0.25) is 10.0 Å². The average molecular weight is 463 g/mol. The smallest absolute Gasteiger partial charge is 0.321 e. The van der Waals surface area contributed by atoms with Crippen LogP contribution in [0, 0.1) is 11.7 Å². The number of nitrogens with zero attached hydrogens (tertiary/aromatic N) is 2. The third kappa shape index (κ3) is 5.83. The maximum absolute atomic E-state index is 13.0. The molecule has 1 aliphatic rings. The second-order valence-corrected chi connectivity index (χ2v) is 10.0. The van der Waals surface area contributed by atoms with Crippen molar-refractivity contribution in [2.45, 2.75) is 17.7 Å². The van der Waals surface area contributed by atoms with Crippen LogP contribution in [-0.2, 0) is 10.0 Å². The second kappa shape index (κ2) is 10.1. The molecule has 0 aromatic heterocycles. The number of sulfonamides is 1. The van der Waals surface area contributed by atoms with E-state index in [0.29, 0.717) is 30.9 Å². The molecule has 0 bridgehead atoms. The number of amides is 3. The molecule has 2 aromatic rings. The van der Waals surface area contributed by atoms with Gasteiger partial charge in [0.25, 0.3) is 5.91 Å². The van der Waals surface area contributed by atoms with Crippen molar-refractivity contribution in [1.82, 2.24) is 14.5 Å². The highest BCUT2D eigenvalue weighted by Crippen LogP contribution is 2.19. The van der Waals surface area contributed by atoms with Gasteiger partial charge in [0.15, 0.2) is 0 Å². The number of hydrogen-bond donors (Lipinski definition) is 2. The van der Waals surface area contributed by atoms with Gasteiger partial charge in [-0.15, -0.1) is 0 Å². The van der Waals surface area contributed by atoms with E-state index in [2.05, 4.69) is 10.6 Å². The van der Waals surface area contributed by atoms with E-state index >= 15 is 0 Å². The maximum Gasteiger partial charge on any atom is 0.321 e. The fraction of sp³-hybridized carbons (Fsp3) is 0.364. The molecule has 3 amide bonds. The molecular formula is C22H27FN4O4S. The van der Waals surface area contributed by atoms with Crippen LogP contribution in [0.5, 0.6) is 0 Å². The number of carbonyl (C=O) groups excluding carboxylic acids is 2. The molecule has 8 nitrogen and oxygen atoms in total. The Morgan fingerprint density at radius 3 is 2.19 bits per heavy atom. The van der Waals surface area contributed by atoms with Gasteiger partial charge in [0, 0.05) is 45.0 Å². The normalized spacial score (nSPS) is 14.9. The molecule has 2 aromatic carbocycles. The summed E-state index contributed by atoms with van der Waals surface area (Å²) in [6.07, 6.45) is 1.49. The molecule has 0 aliphatic carbocycles. The van der Waals surface area contributed by atoms with E-state index in [1.54, 1.807) is 4.90 Å². The van der Waals surface area contributed by atoms with Gasteiger partial charge in [-0.1, -0.05) is 0 Å². The van der Waals surface area contributed by atoms with Crippen LogP contribution in [-0.4, -0.2) is 63.3 Å². The first-order valence-corrected chi connectivity index (χ1v) is 11.7. The molecule has 1 fully saturated rings. The zero-order valence-electron chi connectivity index (χ0n) is 18.0. The van der Waals surface area contributed by atoms with E-state index in [1.165, 1.54) is 62.6 Å². The number of urea groups is 1. The van der Waals surface area contributed by atoms with Gasteiger partial charge in [-0.2, -0.15) is 0 Å². The van der Waals surface area contributed by atoms with Gasteiger partial charge < -0.3 is 15.5 Å². The number of halogens is 1. The minimum absolute atomic E-state index is 0.130. The summed E-state index contributed by atoms with van der Waals surface area (Å²) in [7, 11) is -0.631. The van der Waals surface area contributed by atoms with Gasteiger partial charge in [0.1, 0.15) is 5.82 Å². The summed E-state index contributed by atoms with van der Waals surface area (Å²) in [5.41, 5.74) is 0.925. The quantitative estimate of drug-likeness (QED) is 0.690. The molecule has 1 heterocycles. The monoisotopic (exact) mass is 462 g/mol. The van der Waals surface area contributed by atoms with E-state index in [1.807, 2.05) is 0 Å². The highest BCUT2D eigenvalue weighted by atomic mass is 32.2. The SMILES string of the molecule is CN(C)S(=O)(=O)c1ccc(C(=O)NCC2CCN(C(=O)Nc3ccc(F)cc3)CC2)cc1. The van der Waals surface area contributed by atoms with E-state index in [0.717, 1.165) is 17.1 Å². The molecular weight excluding hydrogens is 435 g/mol. The lowest BCUT2D eigenvalue weighted by Gasteiger charge is -2.32. The maximum atomic E-state index is 13.0. The summed E-state index contributed by atoms with van der Waals surface area (Å²) in [5, 5.41) is 5.64. The predicted molar refractivity (Wildman–Crippen MR) is 119 cm³/mol. The Balaban J connectivity index is 1.45. The van der Waals surface area contributed by atoms with Crippen LogP contribution < -0.4 is 10.6 Å². The highest BCUT2D eigenvalue weighted by molar-refractivity contribution is 7.89. The third-order valence-corrected chi connectivity index (χ3v) is 7.27. The highest BCUT2D eigenvalue weighted by Gasteiger charge is 2.23. The Hall–Kier alpha value is -2.98. The van der Waals surface area contributed by atoms with Crippen LogP contribution >= 0.6 is 0 Å². The van der Waals surface area contributed by atoms with Crippen molar-refractivity contribution >= 4 is 27.6 Å². The summed E-state index contributed by atoms with van der Waals surface area (Å²) in [6.45, 7) is 1.60. The average Bonchev–Trinajstić information content (AvgIpc) is 2.79. The summed E-state index contributed by atoms with van der Waals surface area (Å²) >= 11 is 0. The van der Waals surface area contributed by atoms with Gasteiger partial charge in [-0.25, -0.2) is 21.9 Å². The molecule has 32 heavy (non-hydrogen) atoms. The molecule has 1 saturated heterocycles. The fourth-order valence-electron chi connectivity index (χ4n) is 3.40. The number of rotatable bonds is 6. The van der Waals surface area contributed by atoms with E-state index in [4.69, 9.17) is 0 Å². The minimum Gasteiger partial charge on any atom is -0.352 e. The standard InChI is InChI=1S/C22H27FN4O4S/c1-26(2)32(30,31)20-9-3-17(4-10-20)21(28)24-15-16-11-13-27(14-12-16)22(29)25-19-7-5-18(23)6-8-19/h3-10,16H,11-15H2,1-2H3,(H,24,28)(H,25,29). The van der Waals surface area contributed by atoms with Gasteiger partial charge in [-0.05, 0) is 67.3 Å². The Bertz CT molecular complexity index is 1050. The lowest BCUT2D eigenvalue weighted by molar-refractivity contribution is 0.0938. The lowest BCUT2D eigenvalue weighted by atomic mass is 9.97. The van der Waals surface area contributed by atoms with Crippen molar-refractivity contribution in [2.75, 3.05) is 39.0 Å². The van der Waals surface area contributed by atoms with Crippen LogP contribution in [0.15, 0.2) is 53.4 Å². The largest absolute Gasteiger partial charge is 0.352 e. The zero-order valence-corrected chi connectivity index (χ0v) is 18.9. The van der Waals surface area contributed by atoms with Crippen molar-refractivity contribution in [3.63, 3.8) is 0 Å². The Morgan fingerprint density at radius 1 is 1.03 bits per heavy atom. The summed E-state index contributed by atoms with van der Waals surface area (Å²) < 4.78 is 38.3. The molecule has 0 atom stereocenters. The molecule has 1 aliphatic heterocycles. The fourth-order valence-corrected chi connectivity index (χ4v) is 4.31. The zero-order chi connectivity index (χ0) is 23.3. The summed E-state index contributed by atoms with van der Waals surface area (Å²) in [5.74, 6) is -0.391. The number of anilines is 1. The Labute approximate surface area is 187 Å². The Kier molecular flexibility index (Phi) is 7.47. The van der Waals surface area contributed by atoms with Crippen molar-refractivity contribution < 1.29 is 22.4 Å². The molecule has 0 saturated carbocycles. The van der Waals surface area contributed by atoms with Crippen molar-refractivity contribution in [3.05, 3.63) is 59.9 Å². The Morgan fingerprint density at radius 2 is 1.62 bits per heavy atom. The number of hydrogen-bond acceptors (Lipinski definition) is 4. The molecule has 0 spiro atoms. The van der Waals surface area contributed by atoms with Crippen LogP contribution in [0.2, 0.25) is 0 Å². The van der Waals surface area contributed by atoms with Crippen LogP contribution in [0.25, 0.3) is 0 Å². The topological polar surface area (TPSA) is 98.8 Å². The van der Waals surface area contributed by atoms with Crippen molar-refractivity contribution in [3.8, 4) is 0 Å². The number of carbonyl (C=O) groups is 2. The summed E-state index contributed by atoms with van der Waals surface area (Å²) in [6, 6.07) is 11.2. The van der Waals surface area contributed by atoms with Crippen molar-refractivity contribution in [2.24, 2.45) is 5.92 Å². The molecule has 2 N–H and O–H groups in total. The number of piperidine rings is 1. The number of likely N-dealkylation sites (tertiary alicyclic amines) is 1. The second-order valence-electron chi connectivity index (χ2n) is 7.89. The third-order valence-electron chi connectivity index (χ3n) is 5.44. The van der Waals surface area contributed by atoms with Crippen molar-refractivity contribution in [1.29, 1.82) is 0 Å². The van der Waals surface area contributed by atoms with E-state index in [-0.39, 0.29) is 28.6 Å². The van der Waals surface area contributed by atoms with E-state index < -0.39 is 10.0 Å².